The molecule has 1 N–H and O–H groups in total. The number of rotatable bonds is 4. The molecular formula is C14H20N2O2S. The maximum Gasteiger partial charge on any atom is 0.225 e. The van der Waals surface area contributed by atoms with E-state index in [-0.39, 0.29) is 11.9 Å². The van der Waals surface area contributed by atoms with Crippen molar-refractivity contribution in [3.63, 3.8) is 0 Å². The summed E-state index contributed by atoms with van der Waals surface area (Å²) in [6.45, 7) is 3.69. The minimum absolute atomic E-state index is 0.113. The molecular weight excluding hydrogens is 260 g/mol. The molecule has 0 spiro atoms. The fraction of sp³-hybridized carbons (Fsp3) is 0.643. The molecule has 1 aromatic rings. The molecule has 3 rings (SSSR count). The molecule has 104 valence electrons. The van der Waals surface area contributed by atoms with E-state index in [2.05, 4.69) is 10.2 Å². The number of hydrogen-bond acceptors (Lipinski definition) is 4. The van der Waals surface area contributed by atoms with E-state index in [1.165, 1.54) is 12.8 Å². The zero-order valence-electron chi connectivity index (χ0n) is 11.0. The lowest BCUT2D eigenvalue weighted by Crippen LogP contribution is -2.50. The fourth-order valence-electron chi connectivity index (χ4n) is 2.94. The molecule has 0 bridgehead atoms. The Morgan fingerprint density at radius 3 is 3.00 bits per heavy atom. The van der Waals surface area contributed by atoms with E-state index in [9.17, 15) is 4.79 Å². The lowest BCUT2D eigenvalue weighted by atomic mass is 10.1. The maximum atomic E-state index is 12.0. The average molecular weight is 280 g/mol. The van der Waals surface area contributed by atoms with Crippen LogP contribution in [0.25, 0.3) is 0 Å². The zero-order valence-corrected chi connectivity index (χ0v) is 11.8. The van der Waals surface area contributed by atoms with Crippen molar-refractivity contribution in [2.24, 2.45) is 0 Å². The number of ether oxygens (including phenoxy) is 1. The van der Waals surface area contributed by atoms with Crippen LogP contribution in [0.4, 0.5) is 0 Å². The van der Waals surface area contributed by atoms with Crippen LogP contribution in [0.3, 0.4) is 0 Å². The van der Waals surface area contributed by atoms with Crippen LogP contribution in [-0.4, -0.2) is 49.2 Å². The van der Waals surface area contributed by atoms with E-state index < -0.39 is 0 Å². The van der Waals surface area contributed by atoms with Crippen molar-refractivity contribution in [2.75, 3.05) is 26.3 Å². The smallest absolute Gasteiger partial charge is 0.225 e. The molecule has 19 heavy (non-hydrogen) atoms. The van der Waals surface area contributed by atoms with E-state index in [1.807, 2.05) is 17.5 Å². The first kappa shape index (κ1) is 13.1. The second kappa shape index (κ2) is 6.03. The molecule has 0 saturated carbocycles. The molecule has 2 aliphatic rings. The average Bonchev–Trinajstić information content (AvgIpc) is 3.09. The Morgan fingerprint density at radius 2 is 2.26 bits per heavy atom. The Morgan fingerprint density at radius 1 is 1.42 bits per heavy atom. The standard InChI is InChI=1S/C14H20N2O2S/c17-14(8-11-4-3-7-19-11)15-12-9-18-10-13(12)16-5-1-2-6-16/h3-4,7,12-13H,1-2,5-6,8-10H2,(H,15,17)/t12-,13-/m0/s1. The topological polar surface area (TPSA) is 41.6 Å². The third-order valence-electron chi connectivity index (χ3n) is 3.92. The minimum Gasteiger partial charge on any atom is -0.378 e. The van der Waals surface area contributed by atoms with Crippen molar-refractivity contribution < 1.29 is 9.53 Å². The Labute approximate surface area is 117 Å². The van der Waals surface area contributed by atoms with Gasteiger partial charge in [0.1, 0.15) is 0 Å². The van der Waals surface area contributed by atoms with Crippen LogP contribution in [0, 0.1) is 0 Å². The molecule has 0 radical (unpaired) electrons. The number of likely N-dealkylation sites (tertiary alicyclic amines) is 1. The SMILES string of the molecule is O=C(Cc1cccs1)N[C@H]1COC[C@@H]1N1CCCC1. The molecule has 3 heterocycles. The summed E-state index contributed by atoms with van der Waals surface area (Å²) >= 11 is 1.63. The van der Waals surface area contributed by atoms with E-state index in [1.54, 1.807) is 11.3 Å². The van der Waals surface area contributed by atoms with Gasteiger partial charge in [-0.05, 0) is 37.4 Å². The highest BCUT2D eigenvalue weighted by atomic mass is 32.1. The summed E-state index contributed by atoms with van der Waals surface area (Å²) in [7, 11) is 0. The number of carbonyl (C=O) groups excluding carboxylic acids is 1. The van der Waals surface area contributed by atoms with Gasteiger partial charge in [-0.1, -0.05) is 6.07 Å². The van der Waals surface area contributed by atoms with Crippen molar-refractivity contribution in [3.05, 3.63) is 22.4 Å². The molecule has 2 saturated heterocycles. The highest BCUT2D eigenvalue weighted by molar-refractivity contribution is 7.10. The number of nitrogens with zero attached hydrogens (tertiary/aromatic N) is 1. The van der Waals surface area contributed by atoms with E-state index in [0.717, 1.165) is 24.6 Å². The Balaban J connectivity index is 1.54. The largest absolute Gasteiger partial charge is 0.378 e. The predicted octanol–water partition coefficient (Wildman–Crippen LogP) is 1.27. The van der Waals surface area contributed by atoms with Crippen LogP contribution < -0.4 is 5.32 Å². The molecule has 1 amide bonds. The monoisotopic (exact) mass is 280 g/mol. The lowest BCUT2D eigenvalue weighted by Gasteiger charge is -2.27. The number of thiophene rings is 1. The summed E-state index contributed by atoms with van der Waals surface area (Å²) in [6.07, 6.45) is 3.03. The van der Waals surface area contributed by atoms with Crippen LogP contribution >= 0.6 is 11.3 Å². The number of nitrogens with one attached hydrogen (secondary N) is 1. The quantitative estimate of drug-likeness (QED) is 0.903. The van der Waals surface area contributed by atoms with Gasteiger partial charge in [-0.3, -0.25) is 9.69 Å². The number of amides is 1. The van der Waals surface area contributed by atoms with Gasteiger partial charge in [0.2, 0.25) is 5.91 Å². The summed E-state index contributed by atoms with van der Waals surface area (Å²) < 4.78 is 5.56. The maximum absolute atomic E-state index is 12.0. The first-order valence-corrected chi connectivity index (χ1v) is 7.84. The second-order valence-corrected chi connectivity index (χ2v) is 6.31. The summed E-state index contributed by atoms with van der Waals surface area (Å²) in [6, 6.07) is 4.52. The van der Waals surface area contributed by atoms with E-state index in [0.29, 0.717) is 19.1 Å². The van der Waals surface area contributed by atoms with E-state index in [4.69, 9.17) is 4.74 Å². The molecule has 0 aliphatic carbocycles. The lowest BCUT2D eigenvalue weighted by molar-refractivity contribution is -0.121. The molecule has 2 aliphatic heterocycles. The first-order valence-electron chi connectivity index (χ1n) is 6.96. The van der Waals surface area contributed by atoms with Crippen molar-refractivity contribution in [2.45, 2.75) is 31.3 Å². The first-order chi connectivity index (χ1) is 9.33. The summed E-state index contributed by atoms with van der Waals surface area (Å²) in [5, 5.41) is 5.15. The molecule has 1 aromatic heterocycles. The van der Waals surface area contributed by atoms with Crippen molar-refractivity contribution in [1.29, 1.82) is 0 Å². The number of carbonyl (C=O) groups is 1. The van der Waals surface area contributed by atoms with Crippen molar-refractivity contribution in [3.8, 4) is 0 Å². The van der Waals surface area contributed by atoms with Crippen molar-refractivity contribution in [1.82, 2.24) is 10.2 Å². The Hall–Kier alpha value is -0.910. The highest BCUT2D eigenvalue weighted by Crippen LogP contribution is 2.19. The molecule has 5 heteroatoms. The van der Waals surface area contributed by atoms with Gasteiger partial charge in [0.25, 0.3) is 0 Å². The zero-order chi connectivity index (χ0) is 13.1. The fourth-order valence-corrected chi connectivity index (χ4v) is 3.65. The normalized spacial score (nSPS) is 27.8. The van der Waals surface area contributed by atoms with Gasteiger partial charge in [0.05, 0.1) is 31.7 Å². The molecule has 4 nitrogen and oxygen atoms in total. The van der Waals surface area contributed by atoms with Gasteiger partial charge < -0.3 is 10.1 Å². The second-order valence-electron chi connectivity index (χ2n) is 5.28. The molecule has 2 atom stereocenters. The summed E-state index contributed by atoms with van der Waals surface area (Å²) in [5.41, 5.74) is 0. The van der Waals surface area contributed by atoms with Gasteiger partial charge in [0.15, 0.2) is 0 Å². The van der Waals surface area contributed by atoms with Gasteiger partial charge >= 0.3 is 0 Å². The summed E-state index contributed by atoms with van der Waals surface area (Å²) in [5.74, 6) is 0.113. The Bertz CT molecular complexity index is 415. The van der Waals surface area contributed by atoms with Crippen LogP contribution in [0.2, 0.25) is 0 Å². The van der Waals surface area contributed by atoms with Crippen LogP contribution in [0.1, 0.15) is 17.7 Å². The van der Waals surface area contributed by atoms with E-state index >= 15 is 0 Å². The van der Waals surface area contributed by atoms with Crippen LogP contribution in [0.15, 0.2) is 17.5 Å². The third kappa shape index (κ3) is 3.16. The van der Waals surface area contributed by atoms with Gasteiger partial charge in [-0.2, -0.15) is 0 Å². The van der Waals surface area contributed by atoms with Crippen LogP contribution in [-0.2, 0) is 16.0 Å². The molecule has 0 aromatic carbocycles. The van der Waals surface area contributed by atoms with Gasteiger partial charge in [-0.15, -0.1) is 11.3 Å². The Kier molecular flexibility index (Phi) is 4.15. The number of hydrogen-bond donors (Lipinski definition) is 1. The van der Waals surface area contributed by atoms with Crippen molar-refractivity contribution >= 4 is 17.2 Å². The molecule has 0 unspecified atom stereocenters. The predicted molar refractivity (Wildman–Crippen MR) is 75.4 cm³/mol. The minimum atomic E-state index is 0.113. The van der Waals surface area contributed by atoms with Gasteiger partial charge in [-0.25, -0.2) is 0 Å². The third-order valence-corrected chi connectivity index (χ3v) is 4.80. The summed E-state index contributed by atoms with van der Waals surface area (Å²) in [4.78, 5) is 15.6. The highest BCUT2D eigenvalue weighted by Gasteiger charge is 2.35. The van der Waals surface area contributed by atoms with Crippen LogP contribution in [0.5, 0.6) is 0 Å². The molecule has 2 fully saturated rings. The van der Waals surface area contributed by atoms with Gasteiger partial charge in [0, 0.05) is 4.88 Å².